The van der Waals surface area contributed by atoms with Gasteiger partial charge in [-0.3, -0.25) is 9.69 Å². The van der Waals surface area contributed by atoms with E-state index in [2.05, 4.69) is 16.3 Å². The average Bonchev–Trinajstić information content (AvgIpc) is 2.85. The Labute approximate surface area is 203 Å². The number of amides is 2. The fraction of sp³-hybridized carbons (Fsp3) is 0.375. The number of nitrogens with two attached hydrogens (primary N) is 2. The van der Waals surface area contributed by atoms with Gasteiger partial charge in [0.25, 0.3) is 5.91 Å². The largest absolute Gasteiger partial charge is 0.496 e. The number of methoxy groups -OCH3 is 1. The lowest BCUT2D eigenvalue weighted by atomic mass is 9.94. The van der Waals surface area contributed by atoms with Crippen molar-refractivity contribution in [3.8, 4) is 11.8 Å². The maximum absolute atomic E-state index is 12.7. The minimum Gasteiger partial charge on any atom is -0.496 e. The van der Waals surface area contributed by atoms with E-state index in [0.717, 1.165) is 31.5 Å². The number of carbonyl (C=O) groups excluding carboxylic acids is 2. The second-order valence-electron chi connectivity index (χ2n) is 8.14. The number of carbonyl (C=O) groups is 2. The van der Waals surface area contributed by atoms with Crippen LogP contribution in [0.4, 0.5) is 10.5 Å². The predicted molar refractivity (Wildman–Crippen MR) is 128 cm³/mol. The Morgan fingerprint density at radius 1 is 1.26 bits per heavy atom. The maximum atomic E-state index is 12.7. The van der Waals surface area contributed by atoms with E-state index in [0.29, 0.717) is 34.1 Å². The number of nitrogens with zero attached hydrogens (tertiary/aromatic N) is 2. The highest BCUT2D eigenvalue weighted by Crippen LogP contribution is 2.30. The van der Waals surface area contributed by atoms with Crippen LogP contribution in [-0.4, -0.2) is 50.3 Å². The standard InChI is InChI=1S/C24H28ClN5O4/c1-33-22-11-20(27)19(25)10-18(22)23(31)29-13-16-6-8-30(9-7-16)21(14-34-24(28)32)17-4-2-15(12-26)3-5-17/h2-5,10-11,16,21H,6-9,13-14,27H2,1H3,(H2,28,32)(H,29,31). The molecule has 1 atom stereocenters. The molecule has 0 bridgehead atoms. The molecule has 0 aliphatic carbocycles. The van der Waals surface area contributed by atoms with Crippen molar-refractivity contribution in [3.63, 3.8) is 0 Å². The molecular formula is C24H28ClN5O4. The SMILES string of the molecule is COc1cc(N)c(Cl)cc1C(=O)NCC1CCN(C(COC(N)=O)c2ccc(C#N)cc2)CC1. The second-order valence-corrected chi connectivity index (χ2v) is 8.55. The number of hydrogen-bond donors (Lipinski definition) is 3. The monoisotopic (exact) mass is 485 g/mol. The molecule has 1 heterocycles. The topological polar surface area (TPSA) is 144 Å². The number of piperidine rings is 1. The summed E-state index contributed by atoms with van der Waals surface area (Å²) in [6.45, 7) is 2.15. The maximum Gasteiger partial charge on any atom is 0.404 e. The number of likely N-dealkylation sites (tertiary alicyclic amines) is 1. The zero-order chi connectivity index (χ0) is 24.7. The molecule has 0 aromatic heterocycles. The summed E-state index contributed by atoms with van der Waals surface area (Å²) in [4.78, 5) is 26.1. The Morgan fingerprint density at radius 2 is 1.94 bits per heavy atom. The molecule has 1 aliphatic rings. The number of nitriles is 1. The highest BCUT2D eigenvalue weighted by molar-refractivity contribution is 6.33. The van der Waals surface area contributed by atoms with Gasteiger partial charge in [0, 0.05) is 12.6 Å². The van der Waals surface area contributed by atoms with Gasteiger partial charge in [-0.1, -0.05) is 23.7 Å². The summed E-state index contributed by atoms with van der Waals surface area (Å²) >= 11 is 6.07. The van der Waals surface area contributed by atoms with Gasteiger partial charge in [0.15, 0.2) is 0 Å². The second kappa shape index (κ2) is 11.6. The zero-order valence-corrected chi connectivity index (χ0v) is 19.7. The summed E-state index contributed by atoms with van der Waals surface area (Å²) in [7, 11) is 1.47. The van der Waals surface area contributed by atoms with Gasteiger partial charge in [0.2, 0.25) is 0 Å². The van der Waals surface area contributed by atoms with Crippen LogP contribution in [0.5, 0.6) is 5.75 Å². The lowest BCUT2D eigenvalue weighted by Crippen LogP contribution is -2.42. The van der Waals surface area contributed by atoms with Crippen molar-refractivity contribution in [2.45, 2.75) is 18.9 Å². The average molecular weight is 486 g/mol. The molecule has 0 radical (unpaired) electrons. The van der Waals surface area contributed by atoms with Crippen molar-refractivity contribution in [2.75, 3.05) is 39.1 Å². The Kier molecular flexibility index (Phi) is 8.57. The first-order valence-electron chi connectivity index (χ1n) is 10.9. The van der Waals surface area contributed by atoms with Crippen LogP contribution in [-0.2, 0) is 4.74 Å². The molecule has 34 heavy (non-hydrogen) atoms. The van der Waals surface area contributed by atoms with Crippen LogP contribution in [0.3, 0.4) is 0 Å². The zero-order valence-electron chi connectivity index (χ0n) is 18.9. The Hall–Kier alpha value is -3.48. The van der Waals surface area contributed by atoms with Gasteiger partial charge >= 0.3 is 6.09 Å². The smallest absolute Gasteiger partial charge is 0.404 e. The van der Waals surface area contributed by atoms with Crippen molar-refractivity contribution in [1.29, 1.82) is 5.26 Å². The normalized spacial score (nSPS) is 15.2. The van der Waals surface area contributed by atoms with Crippen LogP contribution >= 0.6 is 11.6 Å². The van der Waals surface area contributed by atoms with Gasteiger partial charge in [-0.05, 0) is 55.6 Å². The third-order valence-electron chi connectivity index (χ3n) is 6.01. The fourth-order valence-corrected chi connectivity index (χ4v) is 4.23. The molecule has 1 saturated heterocycles. The third kappa shape index (κ3) is 6.31. The number of anilines is 1. The van der Waals surface area contributed by atoms with E-state index in [4.69, 9.17) is 37.8 Å². The number of nitrogen functional groups attached to an aromatic ring is 1. The van der Waals surface area contributed by atoms with Crippen LogP contribution in [0, 0.1) is 17.2 Å². The van der Waals surface area contributed by atoms with Crippen LogP contribution < -0.4 is 21.5 Å². The minimum atomic E-state index is -0.825. The number of rotatable bonds is 8. The molecule has 0 saturated carbocycles. The molecule has 2 amide bonds. The summed E-state index contributed by atoms with van der Waals surface area (Å²) in [6, 6.07) is 12.2. The van der Waals surface area contributed by atoms with Crippen molar-refractivity contribution in [1.82, 2.24) is 10.2 Å². The van der Waals surface area contributed by atoms with Crippen molar-refractivity contribution in [3.05, 3.63) is 58.1 Å². The number of ether oxygens (including phenoxy) is 2. The molecule has 1 aliphatic heterocycles. The van der Waals surface area contributed by atoms with E-state index < -0.39 is 6.09 Å². The van der Waals surface area contributed by atoms with Gasteiger partial charge < -0.3 is 26.3 Å². The minimum absolute atomic E-state index is 0.125. The number of benzene rings is 2. The van der Waals surface area contributed by atoms with Crippen LogP contribution in [0.15, 0.2) is 36.4 Å². The van der Waals surface area contributed by atoms with Crippen LogP contribution in [0.25, 0.3) is 0 Å². The van der Waals surface area contributed by atoms with Crippen molar-refractivity contribution in [2.24, 2.45) is 11.7 Å². The first kappa shape index (κ1) is 25.1. The molecule has 10 heteroatoms. The highest BCUT2D eigenvalue weighted by atomic mass is 35.5. The Bertz CT molecular complexity index is 1060. The molecule has 1 unspecified atom stereocenters. The molecule has 180 valence electrons. The van der Waals surface area contributed by atoms with Gasteiger partial charge in [-0.25, -0.2) is 4.79 Å². The number of halogens is 1. The van der Waals surface area contributed by atoms with Gasteiger partial charge in [-0.15, -0.1) is 0 Å². The molecule has 2 aromatic rings. The van der Waals surface area contributed by atoms with E-state index in [1.165, 1.54) is 19.2 Å². The highest BCUT2D eigenvalue weighted by Gasteiger charge is 2.28. The summed E-state index contributed by atoms with van der Waals surface area (Å²) in [6.07, 6.45) is 0.876. The Morgan fingerprint density at radius 3 is 2.53 bits per heavy atom. The van der Waals surface area contributed by atoms with Crippen molar-refractivity contribution < 1.29 is 19.1 Å². The van der Waals surface area contributed by atoms with E-state index in [9.17, 15) is 9.59 Å². The number of hydrogen-bond acceptors (Lipinski definition) is 7. The summed E-state index contributed by atoms with van der Waals surface area (Å²) in [5.74, 6) is 0.384. The first-order chi connectivity index (χ1) is 16.3. The van der Waals surface area contributed by atoms with Crippen LogP contribution in [0.1, 0.15) is 40.4 Å². The quantitative estimate of drug-likeness (QED) is 0.487. The molecule has 2 aromatic carbocycles. The van der Waals surface area contributed by atoms with E-state index >= 15 is 0 Å². The molecule has 5 N–H and O–H groups in total. The van der Waals surface area contributed by atoms with Gasteiger partial charge in [0.1, 0.15) is 12.4 Å². The number of primary amides is 1. The molecule has 0 spiro atoms. The van der Waals surface area contributed by atoms with Gasteiger partial charge in [0.05, 0.1) is 41.1 Å². The number of nitrogens with one attached hydrogen (secondary N) is 1. The van der Waals surface area contributed by atoms with E-state index in [-0.39, 0.29) is 24.5 Å². The lowest BCUT2D eigenvalue weighted by molar-refractivity contribution is 0.0700. The van der Waals surface area contributed by atoms with Crippen LogP contribution in [0.2, 0.25) is 5.02 Å². The predicted octanol–water partition coefficient (Wildman–Crippen LogP) is 3.08. The van der Waals surface area contributed by atoms with E-state index in [1.807, 2.05) is 12.1 Å². The first-order valence-corrected chi connectivity index (χ1v) is 11.3. The lowest BCUT2D eigenvalue weighted by Gasteiger charge is -2.37. The van der Waals surface area contributed by atoms with Gasteiger partial charge in [-0.2, -0.15) is 5.26 Å². The summed E-state index contributed by atoms with van der Waals surface area (Å²) in [5.41, 5.74) is 13.2. The summed E-state index contributed by atoms with van der Waals surface area (Å²) in [5, 5.41) is 12.3. The van der Waals surface area contributed by atoms with Crippen molar-refractivity contribution >= 4 is 29.3 Å². The fourth-order valence-electron chi connectivity index (χ4n) is 4.07. The molecule has 3 rings (SSSR count). The third-order valence-corrected chi connectivity index (χ3v) is 6.34. The summed E-state index contributed by atoms with van der Waals surface area (Å²) < 4.78 is 10.4. The molecular weight excluding hydrogens is 458 g/mol. The van der Waals surface area contributed by atoms with E-state index in [1.54, 1.807) is 12.1 Å². The molecule has 1 fully saturated rings. The molecule has 9 nitrogen and oxygen atoms in total. The Balaban J connectivity index is 1.59.